The fraction of sp³-hybridized carbons (Fsp3) is 0.294. The molecular formula is C17H18N2O2. The van der Waals surface area contributed by atoms with Crippen molar-refractivity contribution in [3.05, 3.63) is 65.5 Å². The molecule has 1 aromatic carbocycles. The lowest BCUT2D eigenvalue weighted by molar-refractivity contribution is -0.139. The fourth-order valence-electron chi connectivity index (χ4n) is 2.99. The normalized spacial score (nSPS) is 19.8. The van der Waals surface area contributed by atoms with Crippen LogP contribution in [0.3, 0.4) is 0 Å². The molecule has 3 rings (SSSR count). The summed E-state index contributed by atoms with van der Waals surface area (Å²) in [7, 11) is 0. The number of rotatable bonds is 3. The summed E-state index contributed by atoms with van der Waals surface area (Å²) in [6.45, 7) is 3.43. The highest BCUT2D eigenvalue weighted by Gasteiger charge is 2.32. The molecule has 2 atom stereocenters. The molecule has 0 aliphatic carbocycles. The van der Waals surface area contributed by atoms with Crippen LogP contribution in [0, 0.1) is 0 Å². The van der Waals surface area contributed by atoms with Crippen molar-refractivity contribution in [1.29, 1.82) is 0 Å². The van der Waals surface area contributed by atoms with Crippen LogP contribution < -0.4 is 0 Å². The van der Waals surface area contributed by atoms with Gasteiger partial charge in [-0.2, -0.15) is 0 Å². The lowest BCUT2D eigenvalue weighted by atomic mass is 9.88. The molecule has 1 aromatic heterocycles. The van der Waals surface area contributed by atoms with Crippen molar-refractivity contribution in [3.63, 3.8) is 0 Å². The lowest BCUT2D eigenvalue weighted by Crippen LogP contribution is -2.38. The van der Waals surface area contributed by atoms with Crippen molar-refractivity contribution < 1.29 is 9.90 Å². The summed E-state index contributed by atoms with van der Waals surface area (Å²) in [5, 5.41) is 9.52. The molecule has 2 heterocycles. The Morgan fingerprint density at radius 1 is 1.29 bits per heavy atom. The molecule has 0 saturated carbocycles. The minimum absolute atomic E-state index is 0.170. The molecule has 1 aliphatic rings. The summed E-state index contributed by atoms with van der Waals surface area (Å²) in [6, 6.07) is 12.0. The molecule has 4 nitrogen and oxygen atoms in total. The SMILES string of the molecule is CC(c1ccncc1)N1Cc2ccccc2C(C(=O)O)C1. The molecule has 2 aromatic rings. The third kappa shape index (κ3) is 2.67. The number of hydrogen-bond acceptors (Lipinski definition) is 3. The van der Waals surface area contributed by atoms with E-state index in [1.807, 2.05) is 36.4 Å². The topological polar surface area (TPSA) is 53.4 Å². The highest BCUT2D eigenvalue weighted by Crippen LogP contribution is 2.33. The maximum Gasteiger partial charge on any atom is 0.312 e. The van der Waals surface area contributed by atoms with E-state index in [9.17, 15) is 9.90 Å². The summed E-state index contributed by atoms with van der Waals surface area (Å²) >= 11 is 0. The molecule has 0 bridgehead atoms. The van der Waals surface area contributed by atoms with Crippen molar-refractivity contribution in [3.8, 4) is 0 Å². The number of fused-ring (bicyclic) bond motifs is 1. The number of nitrogens with zero attached hydrogens (tertiary/aromatic N) is 2. The number of aliphatic carboxylic acids is 1. The zero-order valence-electron chi connectivity index (χ0n) is 11.9. The summed E-state index contributed by atoms with van der Waals surface area (Å²) in [6.07, 6.45) is 3.55. The minimum atomic E-state index is -0.755. The van der Waals surface area contributed by atoms with E-state index in [0.717, 1.165) is 23.2 Å². The van der Waals surface area contributed by atoms with E-state index in [-0.39, 0.29) is 6.04 Å². The van der Waals surface area contributed by atoms with E-state index in [0.29, 0.717) is 6.54 Å². The molecule has 0 saturated heterocycles. The highest BCUT2D eigenvalue weighted by atomic mass is 16.4. The second-order valence-corrected chi connectivity index (χ2v) is 5.48. The Labute approximate surface area is 124 Å². The molecule has 1 aliphatic heterocycles. The van der Waals surface area contributed by atoms with Crippen LogP contribution >= 0.6 is 0 Å². The van der Waals surface area contributed by atoms with Gasteiger partial charge in [-0.05, 0) is 35.7 Å². The van der Waals surface area contributed by atoms with E-state index >= 15 is 0 Å². The number of benzene rings is 1. The number of hydrogen-bond donors (Lipinski definition) is 1. The first-order valence-electron chi connectivity index (χ1n) is 7.11. The Bertz CT molecular complexity index is 642. The van der Waals surface area contributed by atoms with Gasteiger partial charge in [0.25, 0.3) is 0 Å². The largest absolute Gasteiger partial charge is 0.481 e. The lowest BCUT2D eigenvalue weighted by Gasteiger charge is -2.36. The van der Waals surface area contributed by atoms with Gasteiger partial charge in [-0.1, -0.05) is 24.3 Å². The predicted molar refractivity (Wildman–Crippen MR) is 79.9 cm³/mol. The average Bonchev–Trinajstić information content (AvgIpc) is 2.53. The van der Waals surface area contributed by atoms with Gasteiger partial charge in [0.2, 0.25) is 0 Å². The maximum atomic E-state index is 11.6. The molecule has 2 unspecified atom stereocenters. The first-order valence-corrected chi connectivity index (χ1v) is 7.11. The van der Waals surface area contributed by atoms with E-state index in [1.165, 1.54) is 0 Å². The van der Waals surface area contributed by atoms with Gasteiger partial charge in [-0.25, -0.2) is 0 Å². The summed E-state index contributed by atoms with van der Waals surface area (Å²) in [4.78, 5) is 17.8. The Morgan fingerprint density at radius 2 is 2.00 bits per heavy atom. The van der Waals surface area contributed by atoms with Crippen molar-refractivity contribution in [2.24, 2.45) is 0 Å². The van der Waals surface area contributed by atoms with Gasteiger partial charge in [0.1, 0.15) is 0 Å². The van der Waals surface area contributed by atoms with Crippen LogP contribution in [0.25, 0.3) is 0 Å². The van der Waals surface area contributed by atoms with Gasteiger partial charge in [-0.3, -0.25) is 14.7 Å². The van der Waals surface area contributed by atoms with Crippen LogP contribution in [0.1, 0.15) is 35.6 Å². The first kappa shape index (κ1) is 13.8. The highest BCUT2D eigenvalue weighted by molar-refractivity contribution is 5.77. The molecule has 4 heteroatoms. The number of aromatic nitrogens is 1. The van der Waals surface area contributed by atoms with Crippen molar-refractivity contribution in [2.75, 3.05) is 6.54 Å². The standard InChI is InChI=1S/C17H18N2O2/c1-12(13-6-8-18-9-7-13)19-10-14-4-2-3-5-15(14)16(11-19)17(20)21/h2-9,12,16H,10-11H2,1H3,(H,20,21). The van der Waals surface area contributed by atoms with Crippen molar-refractivity contribution in [2.45, 2.75) is 25.4 Å². The van der Waals surface area contributed by atoms with Crippen molar-refractivity contribution in [1.82, 2.24) is 9.88 Å². The molecular weight excluding hydrogens is 264 g/mol. The smallest absolute Gasteiger partial charge is 0.312 e. The third-order valence-corrected chi connectivity index (χ3v) is 4.26. The maximum absolute atomic E-state index is 11.6. The van der Waals surface area contributed by atoms with E-state index < -0.39 is 11.9 Å². The van der Waals surface area contributed by atoms with E-state index in [4.69, 9.17) is 0 Å². The zero-order chi connectivity index (χ0) is 14.8. The van der Waals surface area contributed by atoms with Gasteiger partial charge >= 0.3 is 5.97 Å². The zero-order valence-corrected chi connectivity index (χ0v) is 11.9. The van der Waals surface area contributed by atoms with Gasteiger partial charge in [0.15, 0.2) is 0 Å². The summed E-state index contributed by atoms with van der Waals surface area (Å²) in [5.74, 6) is -1.21. The van der Waals surface area contributed by atoms with Gasteiger partial charge < -0.3 is 5.11 Å². The number of carboxylic acids is 1. The number of carboxylic acid groups (broad SMARTS) is 1. The number of pyridine rings is 1. The minimum Gasteiger partial charge on any atom is -0.481 e. The third-order valence-electron chi connectivity index (χ3n) is 4.26. The van der Waals surface area contributed by atoms with Crippen LogP contribution in [0.5, 0.6) is 0 Å². The molecule has 108 valence electrons. The van der Waals surface area contributed by atoms with E-state index in [2.05, 4.69) is 16.8 Å². The summed E-state index contributed by atoms with van der Waals surface area (Å²) in [5.41, 5.74) is 3.22. The first-order chi connectivity index (χ1) is 10.2. The average molecular weight is 282 g/mol. The van der Waals surface area contributed by atoms with Gasteiger partial charge in [0, 0.05) is 31.5 Å². The van der Waals surface area contributed by atoms with Crippen LogP contribution in [-0.2, 0) is 11.3 Å². The Hall–Kier alpha value is -2.20. The van der Waals surface area contributed by atoms with Crippen LogP contribution in [0.4, 0.5) is 0 Å². The molecule has 0 amide bonds. The molecule has 0 spiro atoms. The van der Waals surface area contributed by atoms with Crippen LogP contribution in [-0.4, -0.2) is 27.5 Å². The second kappa shape index (κ2) is 5.66. The van der Waals surface area contributed by atoms with E-state index in [1.54, 1.807) is 12.4 Å². The molecule has 0 radical (unpaired) electrons. The van der Waals surface area contributed by atoms with Crippen LogP contribution in [0.2, 0.25) is 0 Å². The fourth-order valence-corrected chi connectivity index (χ4v) is 2.99. The monoisotopic (exact) mass is 282 g/mol. The second-order valence-electron chi connectivity index (χ2n) is 5.48. The summed E-state index contributed by atoms with van der Waals surface area (Å²) < 4.78 is 0. The van der Waals surface area contributed by atoms with Crippen LogP contribution in [0.15, 0.2) is 48.8 Å². The Morgan fingerprint density at radius 3 is 2.71 bits per heavy atom. The molecule has 21 heavy (non-hydrogen) atoms. The van der Waals surface area contributed by atoms with Crippen molar-refractivity contribution >= 4 is 5.97 Å². The molecule has 1 N–H and O–H groups in total. The van der Waals surface area contributed by atoms with Gasteiger partial charge in [0.05, 0.1) is 5.92 Å². The number of carbonyl (C=O) groups is 1. The quantitative estimate of drug-likeness (QED) is 0.940. The predicted octanol–water partition coefficient (Wildman–Crippen LogP) is 2.83. The molecule has 0 fully saturated rings. The Kier molecular flexibility index (Phi) is 3.71. The van der Waals surface area contributed by atoms with Gasteiger partial charge in [-0.15, -0.1) is 0 Å². The Balaban J connectivity index is 1.91.